The molecule has 1 fully saturated rings. The molecule has 2 aromatic rings. The minimum atomic E-state index is -2.57. The molecule has 10 heteroatoms. The summed E-state index contributed by atoms with van der Waals surface area (Å²) in [6.45, 7) is 5.22. The Hall–Kier alpha value is -3.11. The maximum Gasteiger partial charge on any atom is 0.407 e. The highest BCUT2D eigenvalue weighted by Gasteiger charge is 2.52. The molecule has 1 aliphatic heterocycles. The van der Waals surface area contributed by atoms with Gasteiger partial charge in [0.2, 0.25) is 0 Å². The third-order valence-electron chi connectivity index (χ3n) is 5.71. The summed E-state index contributed by atoms with van der Waals surface area (Å²) in [6, 6.07) is 14.4. The van der Waals surface area contributed by atoms with Crippen LogP contribution in [-0.2, 0) is 20.8 Å². The average Bonchev–Trinajstić information content (AvgIpc) is 2.78. The molecule has 34 heavy (non-hydrogen) atoms. The zero-order valence-electron chi connectivity index (χ0n) is 19.7. The predicted molar refractivity (Wildman–Crippen MR) is 129 cm³/mol. The van der Waals surface area contributed by atoms with Gasteiger partial charge in [-0.2, -0.15) is 0 Å². The van der Waals surface area contributed by atoms with Crippen molar-refractivity contribution in [3.8, 4) is 16.9 Å². The first-order chi connectivity index (χ1) is 16.0. The smallest absolute Gasteiger partial charge is 0.407 e. The zero-order valence-corrected chi connectivity index (χ0v) is 20.5. The Kier molecular flexibility index (Phi) is 7.52. The quantitative estimate of drug-likeness (QED) is 0.461. The normalized spacial score (nSPS) is 16.4. The Morgan fingerprint density at radius 2 is 1.50 bits per heavy atom. The van der Waals surface area contributed by atoms with Gasteiger partial charge in [-0.05, 0) is 56.2 Å². The molecule has 9 nitrogen and oxygen atoms in total. The van der Waals surface area contributed by atoms with Gasteiger partial charge in [-0.25, -0.2) is 13.8 Å². The second-order valence-electron chi connectivity index (χ2n) is 9.10. The van der Waals surface area contributed by atoms with Gasteiger partial charge >= 0.3 is 12.1 Å². The number of rotatable bonds is 6. The first kappa shape index (κ1) is 25.5. The Bertz CT molecular complexity index is 1040. The standard InChI is InChI=1S/C24H30N2O7S/c1-23(2,3)33-21(27)24(13-15-25(16-14-24)22(28)29)26(34(30)31)19-9-5-17(6-10-19)18-7-11-20(32-4)12-8-18/h5-12H,13-16H2,1-4H3,(H,28,29)(H,30,31). The van der Waals surface area contributed by atoms with Crippen molar-refractivity contribution in [2.75, 3.05) is 24.5 Å². The van der Waals surface area contributed by atoms with Crippen molar-refractivity contribution in [3.63, 3.8) is 0 Å². The third-order valence-corrected chi connectivity index (χ3v) is 6.58. The number of methoxy groups -OCH3 is 1. The number of carbonyl (C=O) groups is 2. The summed E-state index contributed by atoms with van der Waals surface area (Å²) < 4.78 is 34.9. The highest BCUT2D eigenvalue weighted by molar-refractivity contribution is 7.80. The van der Waals surface area contributed by atoms with Crippen LogP contribution in [0, 0.1) is 0 Å². The van der Waals surface area contributed by atoms with Gasteiger partial charge in [-0.15, -0.1) is 0 Å². The lowest BCUT2D eigenvalue weighted by Gasteiger charge is -2.45. The Morgan fingerprint density at radius 1 is 1.00 bits per heavy atom. The van der Waals surface area contributed by atoms with Crippen LogP contribution in [0.2, 0.25) is 0 Å². The molecule has 184 valence electrons. The molecule has 2 aromatic carbocycles. The fourth-order valence-electron chi connectivity index (χ4n) is 3.99. The number of carbonyl (C=O) groups excluding carboxylic acids is 1. The summed E-state index contributed by atoms with van der Waals surface area (Å²) in [5, 5.41) is 9.35. The number of likely N-dealkylation sites (tertiary alicyclic amines) is 1. The number of hydrogen-bond acceptors (Lipinski definition) is 5. The van der Waals surface area contributed by atoms with Crippen LogP contribution in [0.25, 0.3) is 11.1 Å². The van der Waals surface area contributed by atoms with Crippen molar-refractivity contribution in [2.45, 2.75) is 44.8 Å². The lowest BCUT2D eigenvalue weighted by atomic mass is 9.86. The minimum absolute atomic E-state index is 0.0146. The Morgan fingerprint density at radius 3 is 1.91 bits per heavy atom. The highest BCUT2D eigenvalue weighted by Crippen LogP contribution is 2.37. The third kappa shape index (κ3) is 5.51. The van der Waals surface area contributed by atoms with Crippen molar-refractivity contribution < 1.29 is 32.9 Å². The zero-order chi connectivity index (χ0) is 25.1. The van der Waals surface area contributed by atoms with Gasteiger partial charge in [0.25, 0.3) is 11.3 Å². The second-order valence-corrected chi connectivity index (χ2v) is 9.93. The molecule has 1 heterocycles. The van der Waals surface area contributed by atoms with Crippen molar-refractivity contribution >= 4 is 29.0 Å². The number of ether oxygens (including phenoxy) is 2. The van der Waals surface area contributed by atoms with Gasteiger partial charge in [-0.3, -0.25) is 8.86 Å². The van der Waals surface area contributed by atoms with Crippen molar-refractivity contribution in [1.29, 1.82) is 0 Å². The summed E-state index contributed by atoms with van der Waals surface area (Å²) in [4.78, 5) is 26.0. The molecule has 1 atom stereocenters. The van der Waals surface area contributed by atoms with E-state index in [-0.39, 0.29) is 25.9 Å². The van der Waals surface area contributed by atoms with E-state index in [9.17, 15) is 23.5 Å². The fourth-order valence-corrected chi connectivity index (χ4v) is 4.85. The largest absolute Gasteiger partial charge is 0.497 e. The molecule has 0 aromatic heterocycles. The molecule has 2 N–H and O–H groups in total. The van der Waals surface area contributed by atoms with Gasteiger partial charge in [0.1, 0.15) is 11.4 Å². The van der Waals surface area contributed by atoms with Crippen LogP contribution in [0.15, 0.2) is 48.5 Å². The van der Waals surface area contributed by atoms with E-state index < -0.39 is 34.5 Å². The van der Waals surface area contributed by atoms with Crippen LogP contribution in [0.5, 0.6) is 5.75 Å². The molecular formula is C24H30N2O7S. The minimum Gasteiger partial charge on any atom is -0.497 e. The average molecular weight is 491 g/mol. The lowest BCUT2D eigenvalue weighted by Crippen LogP contribution is -2.62. The molecule has 0 saturated carbocycles. The van der Waals surface area contributed by atoms with Crippen LogP contribution in [-0.4, -0.2) is 62.2 Å². The topological polar surface area (TPSA) is 117 Å². The van der Waals surface area contributed by atoms with Crippen LogP contribution in [0.4, 0.5) is 10.5 Å². The van der Waals surface area contributed by atoms with Gasteiger partial charge in [0.05, 0.1) is 12.8 Å². The first-order valence-electron chi connectivity index (χ1n) is 10.8. The molecule has 1 aliphatic rings. The molecule has 0 bridgehead atoms. The Balaban J connectivity index is 1.99. The first-order valence-corrected chi connectivity index (χ1v) is 11.9. The van der Waals surface area contributed by atoms with E-state index in [0.717, 1.165) is 21.2 Å². The second kappa shape index (κ2) is 10.0. The fraction of sp³-hybridized carbons (Fsp3) is 0.417. The monoisotopic (exact) mass is 490 g/mol. The molecule has 0 aliphatic carbocycles. The molecule has 0 radical (unpaired) electrons. The van der Waals surface area contributed by atoms with Crippen molar-refractivity contribution in [1.82, 2.24) is 4.90 Å². The molecular weight excluding hydrogens is 460 g/mol. The lowest BCUT2D eigenvalue weighted by molar-refractivity contribution is -0.163. The van der Waals surface area contributed by atoms with Crippen molar-refractivity contribution in [2.24, 2.45) is 0 Å². The number of esters is 1. The number of carboxylic acid groups (broad SMARTS) is 1. The van der Waals surface area contributed by atoms with Gasteiger partial charge < -0.3 is 19.5 Å². The number of benzene rings is 2. The van der Waals surface area contributed by atoms with Crippen LogP contribution in [0.3, 0.4) is 0 Å². The number of anilines is 1. The van der Waals surface area contributed by atoms with Gasteiger partial charge in [-0.1, -0.05) is 24.3 Å². The van der Waals surface area contributed by atoms with Gasteiger partial charge in [0.15, 0.2) is 5.54 Å². The molecule has 1 amide bonds. The number of nitrogens with zero attached hydrogens (tertiary/aromatic N) is 2. The van der Waals surface area contributed by atoms with Crippen LogP contribution >= 0.6 is 0 Å². The number of hydrogen-bond donors (Lipinski definition) is 2. The maximum absolute atomic E-state index is 13.4. The number of amides is 1. The summed E-state index contributed by atoms with van der Waals surface area (Å²) in [5.74, 6) is 0.0703. The predicted octanol–water partition coefficient (Wildman–Crippen LogP) is 4.16. The van der Waals surface area contributed by atoms with E-state index in [2.05, 4.69) is 0 Å². The van der Waals surface area contributed by atoms with Crippen LogP contribution < -0.4 is 9.04 Å². The van der Waals surface area contributed by atoms with E-state index in [1.807, 2.05) is 24.3 Å². The Labute approximate surface area is 201 Å². The number of piperidine rings is 1. The highest BCUT2D eigenvalue weighted by atomic mass is 32.2. The maximum atomic E-state index is 13.4. The van der Waals surface area contributed by atoms with E-state index >= 15 is 0 Å². The van der Waals surface area contributed by atoms with E-state index in [0.29, 0.717) is 5.69 Å². The van der Waals surface area contributed by atoms with E-state index in [4.69, 9.17) is 9.47 Å². The summed E-state index contributed by atoms with van der Waals surface area (Å²) >= 11 is -2.57. The van der Waals surface area contributed by atoms with Gasteiger partial charge in [0, 0.05) is 25.9 Å². The molecule has 3 rings (SSSR count). The molecule has 0 spiro atoms. The summed E-state index contributed by atoms with van der Waals surface area (Å²) in [5.41, 5.74) is -0.162. The van der Waals surface area contributed by atoms with E-state index in [1.165, 1.54) is 4.90 Å². The summed E-state index contributed by atoms with van der Waals surface area (Å²) in [6.07, 6.45) is -1.07. The van der Waals surface area contributed by atoms with Crippen molar-refractivity contribution in [3.05, 3.63) is 48.5 Å². The molecule has 1 saturated heterocycles. The molecule has 1 unspecified atom stereocenters. The SMILES string of the molecule is COc1ccc(-c2ccc(N(S(=O)O)C3(C(=O)OC(C)(C)C)CCN(C(=O)O)CC3)cc2)cc1. The van der Waals surface area contributed by atoms with Crippen LogP contribution in [0.1, 0.15) is 33.6 Å². The van der Waals surface area contributed by atoms with E-state index in [1.54, 1.807) is 52.1 Å². The summed E-state index contributed by atoms with van der Waals surface area (Å²) in [7, 11) is 1.59.